The lowest BCUT2D eigenvalue weighted by atomic mass is 10.2. The second kappa shape index (κ2) is 9.25. The van der Waals surface area contributed by atoms with Crippen LogP contribution in [0.3, 0.4) is 0 Å². The molecule has 2 aromatic rings. The first-order chi connectivity index (χ1) is 14.7. The van der Waals surface area contributed by atoms with E-state index in [2.05, 4.69) is 9.46 Å². The largest absolute Gasteiger partial charge is 0.495 e. The number of rotatable bonds is 7. The highest BCUT2D eigenvalue weighted by atomic mass is 32.2. The van der Waals surface area contributed by atoms with Crippen LogP contribution in [0.25, 0.3) is 0 Å². The van der Waals surface area contributed by atoms with Crippen molar-refractivity contribution in [3.63, 3.8) is 0 Å². The number of carbonyl (C=O) groups is 1. The van der Waals surface area contributed by atoms with E-state index < -0.39 is 26.0 Å². The minimum absolute atomic E-state index is 0.0241. The maximum absolute atomic E-state index is 13.1. The highest BCUT2D eigenvalue weighted by Crippen LogP contribution is 2.32. The van der Waals surface area contributed by atoms with E-state index in [1.54, 1.807) is 0 Å². The predicted molar refractivity (Wildman–Crippen MR) is 114 cm³/mol. The van der Waals surface area contributed by atoms with Crippen LogP contribution >= 0.6 is 0 Å². The Bertz CT molecular complexity index is 1170. The first-order valence-electron chi connectivity index (χ1n) is 9.59. The van der Waals surface area contributed by atoms with Crippen molar-refractivity contribution in [2.24, 2.45) is 0 Å². The molecule has 168 valence electrons. The molecule has 3 rings (SSSR count). The molecule has 9 nitrogen and oxygen atoms in total. The number of esters is 1. The number of anilines is 1. The van der Waals surface area contributed by atoms with E-state index in [1.165, 1.54) is 53.9 Å². The molecule has 2 aromatic carbocycles. The molecule has 1 aliphatic heterocycles. The van der Waals surface area contributed by atoms with Crippen LogP contribution < -0.4 is 9.46 Å². The lowest BCUT2D eigenvalue weighted by Crippen LogP contribution is -2.35. The van der Waals surface area contributed by atoms with Crippen LogP contribution in [0.1, 0.15) is 29.6 Å². The van der Waals surface area contributed by atoms with Gasteiger partial charge in [-0.2, -0.15) is 4.31 Å². The monoisotopic (exact) mass is 468 g/mol. The molecule has 0 unspecified atom stereocenters. The van der Waals surface area contributed by atoms with Crippen LogP contribution in [0.15, 0.2) is 52.3 Å². The zero-order valence-electron chi connectivity index (χ0n) is 17.2. The Labute approximate surface area is 182 Å². The van der Waals surface area contributed by atoms with Crippen molar-refractivity contribution in [3.05, 3.63) is 48.0 Å². The molecule has 0 amide bonds. The van der Waals surface area contributed by atoms with Gasteiger partial charge in [-0.05, 0) is 43.2 Å². The molecule has 11 heteroatoms. The molecule has 0 atom stereocenters. The molecule has 0 bridgehead atoms. The van der Waals surface area contributed by atoms with Gasteiger partial charge in [-0.3, -0.25) is 4.72 Å². The number of nitrogens with zero attached hydrogens (tertiary/aromatic N) is 1. The molecule has 0 radical (unpaired) electrons. The van der Waals surface area contributed by atoms with Gasteiger partial charge in [0.05, 0.1) is 25.5 Å². The van der Waals surface area contributed by atoms with Gasteiger partial charge in [0.15, 0.2) is 0 Å². The number of hydrogen-bond donors (Lipinski definition) is 1. The smallest absolute Gasteiger partial charge is 0.339 e. The summed E-state index contributed by atoms with van der Waals surface area (Å²) in [5.74, 6) is -0.687. The summed E-state index contributed by atoms with van der Waals surface area (Å²) in [4.78, 5) is 11.6. The quantitative estimate of drug-likeness (QED) is 0.620. The molecule has 0 aromatic heterocycles. The Morgan fingerprint density at radius 1 is 0.935 bits per heavy atom. The summed E-state index contributed by atoms with van der Waals surface area (Å²) in [6.07, 6.45) is 2.49. The molecule has 1 aliphatic rings. The maximum atomic E-state index is 13.1. The van der Waals surface area contributed by atoms with Gasteiger partial charge < -0.3 is 9.47 Å². The van der Waals surface area contributed by atoms with E-state index >= 15 is 0 Å². The van der Waals surface area contributed by atoms with E-state index in [9.17, 15) is 21.6 Å². The molecule has 1 fully saturated rings. The lowest BCUT2D eigenvalue weighted by Gasteiger charge is -2.26. The molecule has 0 saturated carbocycles. The van der Waals surface area contributed by atoms with Crippen LogP contribution in [-0.4, -0.2) is 54.4 Å². The summed E-state index contributed by atoms with van der Waals surface area (Å²) in [5.41, 5.74) is -0.108. The Balaban J connectivity index is 2.00. The standard InChI is InChI=1S/C20H24N2O7S2/c1-28-17-11-10-15(14-19(17)31(26,27)22-12-6-3-7-13-22)21-30(24,25)18-9-5-4-8-16(18)20(23)29-2/h4-5,8-11,14,21H,3,6-7,12-13H2,1-2H3. The third-order valence-electron chi connectivity index (χ3n) is 4.93. The highest BCUT2D eigenvalue weighted by Gasteiger charge is 2.30. The van der Waals surface area contributed by atoms with Crippen molar-refractivity contribution in [1.82, 2.24) is 4.31 Å². The Kier molecular flexibility index (Phi) is 6.87. The SMILES string of the molecule is COC(=O)c1ccccc1S(=O)(=O)Nc1ccc(OC)c(S(=O)(=O)N2CCCCC2)c1. The molecule has 1 heterocycles. The van der Waals surface area contributed by atoms with Gasteiger partial charge in [0.2, 0.25) is 10.0 Å². The van der Waals surface area contributed by atoms with Crippen LogP contribution in [0.5, 0.6) is 5.75 Å². The molecule has 0 aliphatic carbocycles. The van der Waals surface area contributed by atoms with Crippen molar-refractivity contribution in [3.8, 4) is 5.75 Å². The fourth-order valence-corrected chi connectivity index (χ4v) is 6.32. The second-order valence-electron chi connectivity index (χ2n) is 6.92. The van der Waals surface area contributed by atoms with Gasteiger partial charge >= 0.3 is 5.97 Å². The number of ether oxygens (including phenoxy) is 2. The van der Waals surface area contributed by atoms with Gasteiger partial charge in [-0.1, -0.05) is 18.6 Å². The van der Waals surface area contributed by atoms with Crippen molar-refractivity contribution in [1.29, 1.82) is 0 Å². The third kappa shape index (κ3) is 4.83. The van der Waals surface area contributed by atoms with E-state index in [1.807, 2.05) is 0 Å². The summed E-state index contributed by atoms with van der Waals surface area (Å²) in [6, 6.07) is 9.60. The summed E-state index contributed by atoms with van der Waals surface area (Å²) in [5, 5.41) is 0. The van der Waals surface area contributed by atoms with Gasteiger partial charge in [0.25, 0.3) is 10.0 Å². The van der Waals surface area contributed by atoms with Crippen LogP contribution in [-0.2, 0) is 24.8 Å². The molecule has 31 heavy (non-hydrogen) atoms. The van der Waals surface area contributed by atoms with E-state index in [-0.39, 0.29) is 26.8 Å². The number of carbonyl (C=O) groups excluding carboxylic acids is 1. The Morgan fingerprint density at radius 2 is 1.61 bits per heavy atom. The molecular weight excluding hydrogens is 444 g/mol. The number of methoxy groups -OCH3 is 2. The van der Waals surface area contributed by atoms with Gasteiger partial charge in [-0.15, -0.1) is 0 Å². The number of hydrogen-bond acceptors (Lipinski definition) is 7. The lowest BCUT2D eigenvalue weighted by molar-refractivity contribution is 0.0596. The zero-order valence-corrected chi connectivity index (χ0v) is 18.8. The summed E-state index contributed by atoms with van der Waals surface area (Å²) in [6.45, 7) is 0.794. The highest BCUT2D eigenvalue weighted by molar-refractivity contribution is 7.92. The number of piperidine rings is 1. The molecule has 1 saturated heterocycles. The Hall–Kier alpha value is -2.63. The average Bonchev–Trinajstić information content (AvgIpc) is 2.78. The van der Waals surface area contributed by atoms with E-state index in [0.717, 1.165) is 26.4 Å². The maximum Gasteiger partial charge on any atom is 0.339 e. The minimum Gasteiger partial charge on any atom is -0.495 e. The minimum atomic E-state index is -4.21. The van der Waals surface area contributed by atoms with Gasteiger partial charge in [0, 0.05) is 13.1 Å². The molecular formula is C20H24N2O7S2. The first kappa shape index (κ1) is 23.0. The molecule has 1 N–H and O–H groups in total. The summed E-state index contributed by atoms with van der Waals surface area (Å²) < 4.78 is 65.8. The topological polar surface area (TPSA) is 119 Å². The Morgan fingerprint density at radius 3 is 2.26 bits per heavy atom. The van der Waals surface area contributed by atoms with E-state index in [4.69, 9.17) is 4.74 Å². The second-order valence-corrected chi connectivity index (χ2v) is 10.5. The van der Waals surface area contributed by atoms with Gasteiger partial charge in [0.1, 0.15) is 15.5 Å². The fourth-order valence-electron chi connectivity index (χ4n) is 3.38. The van der Waals surface area contributed by atoms with Crippen LogP contribution in [0, 0.1) is 0 Å². The van der Waals surface area contributed by atoms with Crippen molar-refractivity contribution >= 4 is 31.7 Å². The van der Waals surface area contributed by atoms with Crippen LogP contribution in [0.4, 0.5) is 5.69 Å². The normalized spacial score (nSPS) is 15.3. The van der Waals surface area contributed by atoms with Gasteiger partial charge in [-0.25, -0.2) is 21.6 Å². The van der Waals surface area contributed by atoms with E-state index in [0.29, 0.717) is 13.1 Å². The van der Waals surface area contributed by atoms with Crippen molar-refractivity contribution in [2.75, 3.05) is 32.0 Å². The average molecular weight is 469 g/mol. The first-order valence-corrected chi connectivity index (χ1v) is 12.5. The third-order valence-corrected chi connectivity index (χ3v) is 8.29. The zero-order chi connectivity index (χ0) is 22.6. The van der Waals surface area contributed by atoms with Crippen molar-refractivity contribution in [2.45, 2.75) is 29.1 Å². The number of nitrogens with one attached hydrogen (secondary N) is 1. The number of benzene rings is 2. The summed E-state index contributed by atoms with van der Waals surface area (Å²) >= 11 is 0. The number of sulfonamides is 2. The van der Waals surface area contributed by atoms with Crippen molar-refractivity contribution < 1.29 is 31.1 Å². The van der Waals surface area contributed by atoms with Crippen LogP contribution in [0.2, 0.25) is 0 Å². The summed E-state index contributed by atoms with van der Waals surface area (Å²) in [7, 11) is -5.58. The predicted octanol–water partition coefficient (Wildman–Crippen LogP) is 2.46. The fraction of sp³-hybridized carbons (Fsp3) is 0.350. The molecule has 0 spiro atoms.